The number of nitrogens with zero attached hydrogens (tertiary/aromatic N) is 1. The molecule has 0 fully saturated rings. The summed E-state index contributed by atoms with van der Waals surface area (Å²) in [7, 11) is 0. The molecule has 7 heteroatoms. The average molecular weight is 336 g/mol. The first-order valence-electron chi connectivity index (χ1n) is 7.98. The van der Waals surface area contributed by atoms with Crippen LogP contribution in [0.4, 0.5) is 0 Å². The van der Waals surface area contributed by atoms with E-state index in [1.165, 1.54) is 11.0 Å². The molecule has 0 atom stereocenters. The number of amides is 2. The van der Waals surface area contributed by atoms with Gasteiger partial charge in [0.25, 0.3) is 5.91 Å². The predicted octanol–water partition coefficient (Wildman–Crippen LogP) is 1.53. The first-order chi connectivity index (χ1) is 11.5. The molecule has 1 aromatic rings. The largest absolute Gasteiger partial charge is 0.482 e. The lowest BCUT2D eigenvalue weighted by Gasteiger charge is -2.22. The van der Waals surface area contributed by atoms with Gasteiger partial charge in [-0.3, -0.25) is 9.59 Å². The summed E-state index contributed by atoms with van der Waals surface area (Å²) in [6.07, 6.45) is 1.55. The minimum Gasteiger partial charge on any atom is -0.482 e. The number of nitrogens with one attached hydrogen (secondary N) is 1. The van der Waals surface area contributed by atoms with Crippen LogP contribution in [0.5, 0.6) is 5.75 Å². The molecule has 0 saturated carbocycles. The standard InChI is InChI=1S/C17H24N2O5/c1-3-8-18-15(20)11-19(9-4-2)17(23)13-6-5-7-14(10-13)24-12-16(21)22/h5-7,10H,3-4,8-9,11-12H2,1-2H3,(H,18,20)(H,21,22). The monoisotopic (exact) mass is 336 g/mol. The Bertz CT molecular complexity index is 574. The van der Waals surface area contributed by atoms with Crippen molar-refractivity contribution in [3.05, 3.63) is 29.8 Å². The Morgan fingerprint density at radius 1 is 1.21 bits per heavy atom. The molecule has 0 radical (unpaired) electrons. The van der Waals surface area contributed by atoms with E-state index in [1.807, 2.05) is 13.8 Å². The lowest BCUT2D eigenvalue weighted by Crippen LogP contribution is -2.41. The predicted molar refractivity (Wildman–Crippen MR) is 89.1 cm³/mol. The Labute approximate surface area is 141 Å². The normalized spacial score (nSPS) is 10.1. The Morgan fingerprint density at radius 2 is 1.96 bits per heavy atom. The minimum absolute atomic E-state index is 0.00706. The highest BCUT2D eigenvalue weighted by Gasteiger charge is 2.18. The third-order valence-electron chi connectivity index (χ3n) is 3.13. The molecule has 0 unspecified atom stereocenters. The molecule has 0 aromatic heterocycles. The van der Waals surface area contributed by atoms with Crippen molar-refractivity contribution in [2.75, 3.05) is 26.2 Å². The second-order valence-corrected chi connectivity index (χ2v) is 5.29. The molecule has 7 nitrogen and oxygen atoms in total. The Hall–Kier alpha value is -2.57. The molecule has 1 rings (SSSR count). The Kier molecular flexibility index (Phi) is 8.32. The molecule has 2 amide bonds. The Balaban J connectivity index is 2.80. The van der Waals surface area contributed by atoms with Crippen LogP contribution in [-0.2, 0) is 9.59 Å². The molecule has 1 aromatic carbocycles. The Morgan fingerprint density at radius 3 is 2.58 bits per heavy atom. The van der Waals surface area contributed by atoms with Crippen LogP contribution in [0.1, 0.15) is 37.0 Å². The fourth-order valence-corrected chi connectivity index (χ4v) is 2.06. The maximum absolute atomic E-state index is 12.6. The number of ether oxygens (including phenoxy) is 1. The fraction of sp³-hybridized carbons (Fsp3) is 0.471. The second kappa shape index (κ2) is 10.3. The highest BCUT2D eigenvalue weighted by Crippen LogP contribution is 2.15. The summed E-state index contributed by atoms with van der Waals surface area (Å²) in [5.74, 6) is -1.27. The van der Waals surface area contributed by atoms with Crippen molar-refractivity contribution in [1.82, 2.24) is 10.2 Å². The van der Waals surface area contributed by atoms with Gasteiger partial charge in [0.05, 0.1) is 6.54 Å². The van der Waals surface area contributed by atoms with Gasteiger partial charge >= 0.3 is 5.97 Å². The van der Waals surface area contributed by atoms with Crippen LogP contribution in [0.25, 0.3) is 0 Å². The van der Waals surface area contributed by atoms with E-state index in [0.717, 1.165) is 12.8 Å². The van der Waals surface area contributed by atoms with Crippen molar-refractivity contribution in [2.45, 2.75) is 26.7 Å². The zero-order valence-electron chi connectivity index (χ0n) is 14.1. The van der Waals surface area contributed by atoms with Crippen LogP contribution in [0.15, 0.2) is 24.3 Å². The summed E-state index contributed by atoms with van der Waals surface area (Å²) in [5.41, 5.74) is 0.356. The van der Waals surface area contributed by atoms with Gasteiger partial charge in [0.15, 0.2) is 6.61 Å². The number of hydrogen-bond acceptors (Lipinski definition) is 4. The van der Waals surface area contributed by atoms with Gasteiger partial charge in [0.2, 0.25) is 5.91 Å². The van der Waals surface area contributed by atoms with E-state index in [-0.39, 0.29) is 18.4 Å². The highest BCUT2D eigenvalue weighted by molar-refractivity contribution is 5.96. The van der Waals surface area contributed by atoms with Crippen LogP contribution in [0.3, 0.4) is 0 Å². The lowest BCUT2D eigenvalue weighted by molar-refractivity contribution is -0.139. The van der Waals surface area contributed by atoms with Crippen molar-refractivity contribution in [2.24, 2.45) is 0 Å². The van der Waals surface area contributed by atoms with Crippen molar-refractivity contribution in [3.8, 4) is 5.75 Å². The number of hydrogen-bond donors (Lipinski definition) is 2. The van der Waals surface area contributed by atoms with Gasteiger partial charge in [-0.05, 0) is 31.0 Å². The summed E-state index contributed by atoms with van der Waals surface area (Å²) in [5, 5.41) is 11.4. The van der Waals surface area contributed by atoms with Crippen LogP contribution in [-0.4, -0.2) is 54.0 Å². The maximum atomic E-state index is 12.6. The van der Waals surface area contributed by atoms with Gasteiger partial charge in [0, 0.05) is 18.7 Å². The topological polar surface area (TPSA) is 95.9 Å². The summed E-state index contributed by atoms with van der Waals surface area (Å²) in [6, 6.07) is 6.30. The molecular weight excluding hydrogens is 312 g/mol. The van der Waals surface area contributed by atoms with Crippen LogP contribution in [0, 0.1) is 0 Å². The fourth-order valence-electron chi connectivity index (χ4n) is 2.06. The zero-order chi connectivity index (χ0) is 17.9. The molecule has 132 valence electrons. The molecule has 2 N–H and O–H groups in total. The number of rotatable bonds is 10. The number of carboxylic acids is 1. The van der Waals surface area contributed by atoms with E-state index < -0.39 is 12.6 Å². The molecule has 0 heterocycles. The number of benzene rings is 1. The van der Waals surface area contributed by atoms with Crippen molar-refractivity contribution in [1.29, 1.82) is 0 Å². The molecule has 0 aliphatic heterocycles. The molecule has 0 spiro atoms. The number of carbonyl (C=O) groups excluding carboxylic acids is 2. The van der Waals surface area contributed by atoms with E-state index in [1.54, 1.807) is 18.2 Å². The van der Waals surface area contributed by atoms with Crippen molar-refractivity contribution >= 4 is 17.8 Å². The van der Waals surface area contributed by atoms with Crippen LogP contribution < -0.4 is 10.1 Å². The molecule has 0 bridgehead atoms. The third-order valence-corrected chi connectivity index (χ3v) is 3.13. The highest BCUT2D eigenvalue weighted by atomic mass is 16.5. The number of carboxylic acid groups (broad SMARTS) is 1. The summed E-state index contributed by atoms with van der Waals surface area (Å²) in [4.78, 5) is 36.5. The number of aliphatic carboxylic acids is 1. The van der Waals surface area contributed by atoms with Gasteiger partial charge in [0.1, 0.15) is 5.75 Å². The van der Waals surface area contributed by atoms with E-state index in [2.05, 4.69) is 5.32 Å². The van der Waals surface area contributed by atoms with E-state index in [9.17, 15) is 14.4 Å². The average Bonchev–Trinajstić information content (AvgIpc) is 2.57. The quantitative estimate of drug-likeness (QED) is 0.675. The van der Waals surface area contributed by atoms with Gasteiger partial charge in [-0.2, -0.15) is 0 Å². The minimum atomic E-state index is -1.09. The van der Waals surface area contributed by atoms with E-state index in [0.29, 0.717) is 24.4 Å². The summed E-state index contributed by atoms with van der Waals surface area (Å²) in [6.45, 7) is 4.43. The second-order valence-electron chi connectivity index (χ2n) is 5.29. The van der Waals surface area contributed by atoms with E-state index >= 15 is 0 Å². The van der Waals surface area contributed by atoms with E-state index in [4.69, 9.17) is 9.84 Å². The molecule has 0 aliphatic rings. The lowest BCUT2D eigenvalue weighted by atomic mass is 10.2. The first kappa shape index (κ1) is 19.5. The van der Waals surface area contributed by atoms with Gasteiger partial charge in [-0.15, -0.1) is 0 Å². The summed E-state index contributed by atoms with van der Waals surface area (Å²) < 4.78 is 5.08. The summed E-state index contributed by atoms with van der Waals surface area (Å²) >= 11 is 0. The first-order valence-corrected chi connectivity index (χ1v) is 7.98. The van der Waals surface area contributed by atoms with Crippen molar-refractivity contribution < 1.29 is 24.2 Å². The molecule has 0 aliphatic carbocycles. The zero-order valence-corrected chi connectivity index (χ0v) is 14.1. The van der Waals surface area contributed by atoms with Crippen LogP contribution in [0.2, 0.25) is 0 Å². The van der Waals surface area contributed by atoms with Gasteiger partial charge in [-0.25, -0.2) is 4.79 Å². The smallest absolute Gasteiger partial charge is 0.341 e. The third kappa shape index (κ3) is 6.68. The van der Waals surface area contributed by atoms with Gasteiger partial charge < -0.3 is 20.1 Å². The maximum Gasteiger partial charge on any atom is 0.341 e. The molecule has 24 heavy (non-hydrogen) atoms. The molecule has 0 saturated heterocycles. The van der Waals surface area contributed by atoms with Crippen LogP contribution >= 0.6 is 0 Å². The SMILES string of the molecule is CCCNC(=O)CN(CCC)C(=O)c1cccc(OCC(=O)O)c1. The number of carbonyl (C=O) groups is 3. The molecular formula is C17H24N2O5. The van der Waals surface area contributed by atoms with Crippen molar-refractivity contribution in [3.63, 3.8) is 0 Å². The van der Waals surface area contributed by atoms with Gasteiger partial charge in [-0.1, -0.05) is 19.9 Å².